The third-order valence-corrected chi connectivity index (χ3v) is 3.40. The first-order chi connectivity index (χ1) is 9.20. The Labute approximate surface area is 119 Å². The summed E-state index contributed by atoms with van der Waals surface area (Å²) in [6, 6.07) is 8.27. The molecule has 4 heteroatoms. The molecule has 2 rings (SSSR count). The van der Waals surface area contributed by atoms with Crippen molar-refractivity contribution in [3.05, 3.63) is 58.6 Å². The first kappa shape index (κ1) is 14.0. The van der Waals surface area contributed by atoms with E-state index < -0.39 is 0 Å². The summed E-state index contributed by atoms with van der Waals surface area (Å²) < 4.78 is 0. The average molecular weight is 276 g/mol. The Morgan fingerprint density at radius 3 is 2.79 bits per heavy atom. The van der Waals surface area contributed by atoms with Gasteiger partial charge in [0.05, 0.1) is 11.7 Å². The van der Waals surface area contributed by atoms with E-state index >= 15 is 0 Å². The second-order valence-electron chi connectivity index (χ2n) is 4.54. The van der Waals surface area contributed by atoms with Gasteiger partial charge in [0, 0.05) is 11.2 Å². The van der Waals surface area contributed by atoms with Crippen LogP contribution in [-0.2, 0) is 6.42 Å². The maximum atomic E-state index is 6.30. The van der Waals surface area contributed by atoms with Crippen LogP contribution in [0.2, 0.25) is 5.02 Å². The van der Waals surface area contributed by atoms with Crippen molar-refractivity contribution in [3.63, 3.8) is 0 Å². The number of hydrogen-bond acceptors (Lipinski definition) is 3. The number of aryl methyl sites for hydroxylation is 1. The van der Waals surface area contributed by atoms with Crippen LogP contribution in [0.4, 0.5) is 0 Å². The Morgan fingerprint density at radius 1 is 1.32 bits per heavy atom. The van der Waals surface area contributed by atoms with E-state index in [1.807, 2.05) is 19.1 Å². The summed E-state index contributed by atoms with van der Waals surface area (Å²) in [4.78, 5) is 8.28. The Kier molecular flexibility index (Phi) is 4.88. The Morgan fingerprint density at radius 2 is 2.16 bits per heavy atom. The van der Waals surface area contributed by atoms with Crippen molar-refractivity contribution in [2.45, 2.75) is 26.3 Å². The zero-order chi connectivity index (χ0) is 13.7. The average Bonchev–Trinajstić information content (AvgIpc) is 2.42. The van der Waals surface area contributed by atoms with Gasteiger partial charge in [-0.25, -0.2) is 9.97 Å². The molecule has 1 aromatic heterocycles. The molecule has 0 radical (unpaired) electrons. The second-order valence-corrected chi connectivity index (χ2v) is 4.95. The third kappa shape index (κ3) is 3.75. The van der Waals surface area contributed by atoms with Gasteiger partial charge in [-0.05, 0) is 43.1 Å². The van der Waals surface area contributed by atoms with Crippen molar-refractivity contribution < 1.29 is 0 Å². The quantitative estimate of drug-likeness (QED) is 0.909. The number of nitrogens with one attached hydrogen (secondary N) is 1. The van der Waals surface area contributed by atoms with Gasteiger partial charge in [-0.1, -0.05) is 30.7 Å². The number of likely N-dealkylation sites (N-methyl/N-ethyl adjacent to an activating group) is 1. The minimum atomic E-state index is 0.160. The number of rotatable bonds is 5. The molecule has 100 valence electrons. The molecule has 1 heterocycles. The summed E-state index contributed by atoms with van der Waals surface area (Å²) in [7, 11) is 0. The van der Waals surface area contributed by atoms with Crippen molar-refractivity contribution in [1.29, 1.82) is 0 Å². The van der Waals surface area contributed by atoms with Crippen LogP contribution >= 0.6 is 11.6 Å². The van der Waals surface area contributed by atoms with E-state index in [9.17, 15) is 0 Å². The number of hydrogen-bond donors (Lipinski definition) is 1. The van der Waals surface area contributed by atoms with E-state index in [4.69, 9.17) is 11.6 Å². The molecule has 0 aliphatic rings. The van der Waals surface area contributed by atoms with Crippen molar-refractivity contribution in [2.75, 3.05) is 6.54 Å². The number of nitrogens with zero attached hydrogens (tertiary/aromatic N) is 2. The molecule has 0 bridgehead atoms. The van der Waals surface area contributed by atoms with Crippen LogP contribution in [0.25, 0.3) is 0 Å². The fourth-order valence-electron chi connectivity index (χ4n) is 2.07. The molecule has 0 aliphatic carbocycles. The van der Waals surface area contributed by atoms with Gasteiger partial charge in [0.1, 0.15) is 6.33 Å². The zero-order valence-corrected chi connectivity index (χ0v) is 12.0. The van der Waals surface area contributed by atoms with Gasteiger partial charge in [-0.3, -0.25) is 0 Å². The van der Waals surface area contributed by atoms with Crippen molar-refractivity contribution >= 4 is 11.6 Å². The molecule has 1 unspecified atom stereocenters. The largest absolute Gasteiger partial charge is 0.309 e. The summed E-state index contributed by atoms with van der Waals surface area (Å²) in [5, 5.41) is 4.26. The lowest BCUT2D eigenvalue weighted by Gasteiger charge is -2.18. The topological polar surface area (TPSA) is 37.8 Å². The number of halogens is 1. The van der Waals surface area contributed by atoms with Crippen molar-refractivity contribution in [1.82, 2.24) is 15.3 Å². The van der Waals surface area contributed by atoms with E-state index in [2.05, 4.69) is 34.3 Å². The van der Waals surface area contributed by atoms with Gasteiger partial charge in [-0.15, -0.1) is 0 Å². The lowest BCUT2D eigenvalue weighted by Crippen LogP contribution is -2.24. The van der Waals surface area contributed by atoms with E-state index in [0.717, 1.165) is 29.2 Å². The van der Waals surface area contributed by atoms with Crippen molar-refractivity contribution in [2.24, 2.45) is 0 Å². The van der Waals surface area contributed by atoms with E-state index in [0.29, 0.717) is 0 Å². The highest BCUT2D eigenvalue weighted by molar-refractivity contribution is 6.31. The predicted molar refractivity (Wildman–Crippen MR) is 78.3 cm³/mol. The third-order valence-electron chi connectivity index (χ3n) is 3.04. The molecule has 19 heavy (non-hydrogen) atoms. The summed E-state index contributed by atoms with van der Waals surface area (Å²) >= 11 is 6.30. The summed E-state index contributed by atoms with van der Waals surface area (Å²) in [6.07, 6.45) is 4.17. The Balaban J connectivity index is 2.21. The molecule has 2 aromatic rings. The Hall–Kier alpha value is -1.45. The highest BCUT2D eigenvalue weighted by Crippen LogP contribution is 2.23. The monoisotopic (exact) mass is 275 g/mol. The minimum Gasteiger partial charge on any atom is -0.309 e. The van der Waals surface area contributed by atoms with Crippen molar-refractivity contribution in [3.8, 4) is 0 Å². The molecule has 0 fully saturated rings. The summed E-state index contributed by atoms with van der Waals surface area (Å²) in [5.41, 5.74) is 3.31. The summed E-state index contributed by atoms with van der Waals surface area (Å²) in [6.45, 7) is 5.02. The number of aromatic nitrogens is 2. The first-order valence-electron chi connectivity index (χ1n) is 6.45. The van der Waals surface area contributed by atoms with Gasteiger partial charge in [0.2, 0.25) is 0 Å². The normalized spacial score (nSPS) is 12.4. The van der Waals surface area contributed by atoms with Crippen LogP contribution < -0.4 is 5.32 Å². The molecule has 0 spiro atoms. The SMILES string of the molecule is CCNC(Cc1ccc(C)cc1Cl)c1ccncn1. The molecule has 1 aromatic carbocycles. The Bertz CT molecular complexity index is 528. The molecule has 1 atom stereocenters. The molecular weight excluding hydrogens is 258 g/mol. The van der Waals surface area contributed by atoms with Gasteiger partial charge >= 0.3 is 0 Å². The van der Waals surface area contributed by atoms with Crippen LogP contribution in [0, 0.1) is 6.92 Å². The van der Waals surface area contributed by atoms with Crippen LogP contribution in [0.1, 0.15) is 29.8 Å². The fraction of sp³-hybridized carbons (Fsp3) is 0.333. The lowest BCUT2D eigenvalue weighted by atomic mass is 10.0. The smallest absolute Gasteiger partial charge is 0.115 e. The van der Waals surface area contributed by atoms with E-state index in [1.165, 1.54) is 5.56 Å². The highest BCUT2D eigenvalue weighted by Gasteiger charge is 2.14. The van der Waals surface area contributed by atoms with E-state index in [1.54, 1.807) is 12.5 Å². The van der Waals surface area contributed by atoms with Crippen LogP contribution in [0.5, 0.6) is 0 Å². The van der Waals surface area contributed by atoms with Crippen LogP contribution in [-0.4, -0.2) is 16.5 Å². The molecular formula is C15H18ClN3. The zero-order valence-electron chi connectivity index (χ0n) is 11.2. The maximum Gasteiger partial charge on any atom is 0.115 e. The molecule has 3 nitrogen and oxygen atoms in total. The van der Waals surface area contributed by atoms with Gasteiger partial charge in [-0.2, -0.15) is 0 Å². The van der Waals surface area contributed by atoms with Gasteiger partial charge in [0.25, 0.3) is 0 Å². The standard InChI is InChI=1S/C15H18ClN3/c1-3-18-15(14-6-7-17-10-19-14)9-12-5-4-11(2)8-13(12)16/h4-8,10,15,18H,3,9H2,1-2H3. The summed E-state index contributed by atoms with van der Waals surface area (Å²) in [5.74, 6) is 0. The fourth-order valence-corrected chi connectivity index (χ4v) is 2.38. The van der Waals surface area contributed by atoms with E-state index in [-0.39, 0.29) is 6.04 Å². The van der Waals surface area contributed by atoms with Gasteiger partial charge in [0.15, 0.2) is 0 Å². The first-order valence-corrected chi connectivity index (χ1v) is 6.83. The molecule has 0 saturated carbocycles. The van der Waals surface area contributed by atoms with Crippen LogP contribution in [0.3, 0.4) is 0 Å². The molecule has 0 saturated heterocycles. The molecule has 1 N–H and O–H groups in total. The van der Waals surface area contributed by atoms with Crippen LogP contribution in [0.15, 0.2) is 36.8 Å². The highest BCUT2D eigenvalue weighted by atomic mass is 35.5. The lowest BCUT2D eigenvalue weighted by molar-refractivity contribution is 0.535. The molecule has 0 aliphatic heterocycles. The van der Waals surface area contributed by atoms with Gasteiger partial charge < -0.3 is 5.32 Å². The second kappa shape index (κ2) is 6.64. The predicted octanol–water partition coefficient (Wildman–Crippen LogP) is 3.33. The number of benzene rings is 1. The maximum absolute atomic E-state index is 6.30. The molecule has 0 amide bonds. The minimum absolute atomic E-state index is 0.160.